The van der Waals surface area contributed by atoms with E-state index in [0.29, 0.717) is 22.4 Å². The average molecular weight is 374 g/mol. The van der Waals surface area contributed by atoms with Crippen LogP contribution in [0, 0.1) is 12.7 Å². The predicted octanol–water partition coefficient (Wildman–Crippen LogP) is 4.97. The van der Waals surface area contributed by atoms with Crippen molar-refractivity contribution in [3.63, 3.8) is 0 Å². The first-order valence-corrected chi connectivity index (χ1v) is 8.62. The number of hydrogen-bond donors (Lipinski definition) is 0. The number of fused-ring (bicyclic) bond motifs is 1. The number of ether oxygens (including phenoxy) is 2. The summed E-state index contributed by atoms with van der Waals surface area (Å²) in [6.07, 6.45) is 1.48. The Hall–Kier alpha value is -3.73. The Bertz CT molecular complexity index is 1130. The van der Waals surface area contributed by atoms with Crippen LogP contribution in [0.1, 0.15) is 31.8 Å². The first-order valence-electron chi connectivity index (χ1n) is 8.62. The molecular formula is C23H15FO4. The number of hydrogen-bond acceptors (Lipinski definition) is 4. The van der Waals surface area contributed by atoms with Crippen LogP contribution in [0.3, 0.4) is 0 Å². The Balaban J connectivity index is 1.56. The van der Waals surface area contributed by atoms with E-state index in [1.165, 1.54) is 24.3 Å². The SMILES string of the molecule is Cc1cccc(C(=O)Oc2ccc3c(c2)O/C(=C\c2cccc(F)c2)C3=O)c1. The van der Waals surface area contributed by atoms with Crippen molar-refractivity contribution < 1.29 is 23.5 Å². The molecule has 4 rings (SSSR count). The fraction of sp³-hybridized carbons (Fsp3) is 0.0435. The third kappa shape index (κ3) is 3.55. The largest absolute Gasteiger partial charge is 0.452 e. The molecule has 4 nitrogen and oxygen atoms in total. The van der Waals surface area contributed by atoms with Gasteiger partial charge in [0.1, 0.15) is 17.3 Å². The maximum atomic E-state index is 13.3. The number of rotatable bonds is 3. The lowest BCUT2D eigenvalue weighted by atomic mass is 10.1. The van der Waals surface area contributed by atoms with E-state index in [9.17, 15) is 14.0 Å². The highest BCUT2D eigenvalue weighted by Crippen LogP contribution is 2.35. The normalized spacial score (nSPS) is 13.9. The van der Waals surface area contributed by atoms with Crippen molar-refractivity contribution in [3.05, 3.63) is 101 Å². The zero-order valence-electron chi connectivity index (χ0n) is 14.9. The Kier molecular flexibility index (Phi) is 4.49. The lowest BCUT2D eigenvalue weighted by molar-refractivity contribution is 0.0734. The number of allylic oxidation sites excluding steroid dienone is 1. The number of ketones is 1. The Morgan fingerprint density at radius 3 is 2.64 bits per heavy atom. The second-order valence-corrected chi connectivity index (χ2v) is 6.41. The van der Waals surface area contributed by atoms with Crippen molar-refractivity contribution in [1.29, 1.82) is 0 Å². The van der Waals surface area contributed by atoms with Crippen LogP contribution in [0.4, 0.5) is 4.39 Å². The number of benzene rings is 3. The van der Waals surface area contributed by atoms with E-state index >= 15 is 0 Å². The molecule has 0 bridgehead atoms. The third-order valence-corrected chi connectivity index (χ3v) is 4.25. The molecule has 3 aromatic carbocycles. The van der Waals surface area contributed by atoms with E-state index in [-0.39, 0.29) is 17.3 Å². The van der Waals surface area contributed by atoms with E-state index in [1.807, 2.05) is 13.0 Å². The van der Waals surface area contributed by atoms with Gasteiger partial charge in [0, 0.05) is 6.07 Å². The molecule has 0 unspecified atom stereocenters. The van der Waals surface area contributed by atoms with Crippen molar-refractivity contribution in [2.75, 3.05) is 0 Å². The van der Waals surface area contributed by atoms with Crippen molar-refractivity contribution in [2.45, 2.75) is 6.92 Å². The second kappa shape index (κ2) is 7.12. The van der Waals surface area contributed by atoms with Gasteiger partial charge in [-0.2, -0.15) is 0 Å². The first-order chi connectivity index (χ1) is 13.5. The summed E-state index contributed by atoms with van der Waals surface area (Å²) in [5.74, 6) is -0.558. The standard InChI is InChI=1S/C23H15FO4/c1-14-4-2-6-16(10-14)23(26)27-18-8-9-19-20(13-18)28-21(22(19)25)12-15-5-3-7-17(24)11-15/h2-13H,1H3/b21-12-. The molecule has 138 valence electrons. The first kappa shape index (κ1) is 17.7. The molecule has 0 aromatic heterocycles. The van der Waals surface area contributed by atoms with Gasteiger partial charge in [0.2, 0.25) is 5.78 Å². The molecule has 28 heavy (non-hydrogen) atoms. The van der Waals surface area contributed by atoms with Crippen LogP contribution in [0.5, 0.6) is 11.5 Å². The van der Waals surface area contributed by atoms with Crippen LogP contribution in [-0.2, 0) is 0 Å². The maximum Gasteiger partial charge on any atom is 0.343 e. The number of halogens is 1. The number of aryl methyl sites for hydroxylation is 1. The van der Waals surface area contributed by atoms with Gasteiger partial charge in [-0.3, -0.25) is 4.79 Å². The molecule has 0 atom stereocenters. The van der Waals surface area contributed by atoms with E-state index < -0.39 is 11.8 Å². The van der Waals surface area contributed by atoms with Gasteiger partial charge in [-0.25, -0.2) is 9.18 Å². The molecule has 0 N–H and O–H groups in total. The lowest BCUT2D eigenvalue weighted by Crippen LogP contribution is -2.08. The minimum Gasteiger partial charge on any atom is -0.452 e. The fourth-order valence-electron chi connectivity index (χ4n) is 2.92. The van der Waals surface area contributed by atoms with Gasteiger partial charge in [0.05, 0.1) is 11.1 Å². The predicted molar refractivity (Wildman–Crippen MR) is 102 cm³/mol. The number of carbonyl (C=O) groups excluding carboxylic acids is 2. The molecule has 0 fully saturated rings. The molecule has 1 aliphatic heterocycles. The minimum absolute atomic E-state index is 0.0859. The van der Waals surface area contributed by atoms with Crippen LogP contribution < -0.4 is 9.47 Å². The minimum atomic E-state index is -0.497. The van der Waals surface area contributed by atoms with Crippen molar-refractivity contribution in [2.24, 2.45) is 0 Å². The highest BCUT2D eigenvalue weighted by atomic mass is 19.1. The zero-order valence-corrected chi connectivity index (χ0v) is 14.9. The highest BCUT2D eigenvalue weighted by molar-refractivity contribution is 6.14. The second-order valence-electron chi connectivity index (χ2n) is 6.41. The summed E-state index contributed by atoms with van der Waals surface area (Å²) in [6, 6.07) is 17.5. The summed E-state index contributed by atoms with van der Waals surface area (Å²) in [7, 11) is 0. The lowest BCUT2D eigenvalue weighted by Gasteiger charge is -2.06. The average Bonchev–Trinajstić information content (AvgIpc) is 2.97. The zero-order chi connectivity index (χ0) is 19.7. The molecule has 1 heterocycles. The Morgan fingerprint density at radius 1 is 1.04 bits per heavy atom. The summed E-state index contributed by atoms with van der Waals surface area (Å²) in [5, 5.41) is 0. The molecule has 5 heteroatoms. The number of Topliss-reactive ketones (excluding diaryl/α,β-unsaturated/α-hetero) is 1. The molecule has 0 radical (unpaired) electrons. The van der Waals surface area contributed by atoms with Gasteiger partial charge in [0.25, 0.3) is 0 Å². The number of esters is 1. The van der Waals surface area contributed by atoms with Gasteiger partial charge in [-0.15, -0.1) is 0 Å². The molecule has 1 aliphatic rings. The van der Waals surface area contributed by atoms with E-state index in [1.54, 1.807) is 42.5 Å². The fourth-order valence-corrected chi connectivity index (χ4v) is 2.92. The van der Waals surface area contributed by atoms with E-state index in [0.717, 1.165) is 5.56 Å². The van der Waals surface area contributed by atoms with E-state index in [2.05, 4.69) is 0 Å². The molecule has 0 aliphatic carbocycles. The smallest absolute Gasteiger partial charge is 0.343 e. The quantitative estimate of drug-likeness (QED) is 0.369. The monoisotopic (exact) mass is 374 g/mol. The van der Waals surface area contributed by atoms with Crippen LogP contribution in [0.25, 0.3) is 6.08 Å². The summed E-state index contributed by atoms with van der Waals surface area (Å²) in [5.41, 5.74) is 2.26. The Labute approximate surface area is 160 Å². The molecule has 3 aromatic rings. The maximum absolute atomic E-state index is 13.3. The summed E-state index contributed by atoms with van der Waals surface area (Å²) in [4.78, 5) is 24.8. The van der Waals surface area contributed by atoms with Crippen molar-refractivity contribution >= 4 is 17.8 Å². The molecular weight excluding hydrogens is 359 g/mol. The van der Waals surface area contributed by atoms with Crippen LogP contribution in [-0.4, -0.2) is 11.8 Å². The van der Waals surface area contributed by atoms with Crippen LogP contribution >= 0.6 is 0 Å². The molecule has 0 spiro atoms. The Morgan fingerprint density at radius 2 is 1.86 bits per heavy atom. The molecule has 0 amide bonds. The highest BCUT2D eigenvalue weighted by Gasteiger charge is 2.28. The van der Waals surface area contributed by atoms with Crippen LogP contribution in [0.15, 0.2) is 72.5 Å². The van der Waals surface area contributed by atoms with Gasteiger partial charge in [-0.1, -0.05) is 29.8 Å². The number of carbonyl (C=O) groups is 2. The molecule has 0 saturated heterocycles. The van der Waals surface area contributed by atoms with Gasteiger partial charge >= 0.3 is 5.97 Å². The summed E-state index contributed by atoms with van der Waals surface area (Å²) < 4.78 is 24.3. The van der Waals surface area contributed by atoms with Crippen molar-refractivity contribution in [1.82, 2.24) is 0 Å². The van der Waals surface area contributed by atoms with E-state index in [4.69, 9.17) is 9.47 Å². The van der Waals surface area contributed by atoms with Gasteiger partial charge < -0.3 is 9.47 Å². The topological polar surface area (TPSA) is 52.6 Å². The summed E-state index contributed by atoms with van der Waals surface area (Å²) >= 11 is 0. The van der Waals surface area contributed by atoms with Gasteiger partial charge in [0.15, 0.2) is 5.76 Å². The van der Waals surface area contributed by atoms with Crippen molar-refractivity contribution in [3.8, 4) is 11.5 Å². The third-order valence-electron chi connectivity index (χ3n) is 4.25. The van der Waals surface area contributed by atoms with Gasteiger partial charge in [-0.05, 0) is 55.0 Å². The van der Waals surface area contributed by atoms with Crippen LogP contribution in [0.2, 0.25) is 0 Å². The summed E-state index contributed by atoms with van der Waals surface area (Å²) in [6.45, 7) is 1.89. The molecule has 0 saturated carbocycles.